The summed E-state index contributed by atoms with van der Waals surface area (Å²) in [7, 11) is 0. The third-order valence-corrected chi connectivity index (χ3v) is 1.45. The highest BCUT2D eigenvalue weighted by Crippen LogP contribution is 2.31. The lowest BCUT2D eigenvalue weighted by Crippen LogP contribution is -2.04. The summed E-state index contributed by atoms with van der Waals surface area (Å²) in [6.45, 7) is 3.01. The Kier molecular flexibility index (Phi) is 1.70. The molecule has 0 bridgehead atoms. The van der Waals surface area contributed by atoms with Crippen molar-refractivity contribution in [1.82, 2.24) is 4.98 Å². The molecule has 0 saturated carbocycles. The van der Waals surface area contributed by atoms with Crippen molar-refractivity contribution in [2.45, 2.75) is 20.0 Å². The molecule has 0 aliphatic carbocycles. The molecule has 1 rings (SSSR count). The van der Waals surface area contributed by atoms with Crippen LogP contribution in [0.3, 0.4) is 0 Å². The van der Waals surface area contributed by atoms with Crippen LogP contribution < -0.4 is 0 Å². The van der Waals surface area contributed by atoms with Gasteiger partial charge < -0.3 is 4.98 Å². The van der Waals surface area contributed by atoms with Gasteiger partial charge in [-0.15, -0.1) is 0 Å². The molecule has 0 radical (unpaired) electrons. The van der Waals surface area contributed by atoms with E-state index in [4.69, 9.17) is 0 Å². The zero-order valence-electron chi connectivity index (χ0n) is 6.21. The molecule has 0 amide bonds. The third kappa shape index (κ3) is 1.56. The summed E-state index contributed by atoms with van der Waals surface area (Å²) < 4.78 is 36.1. The smallest absolute Gasteiger partial charge is 0.362 e. The van der Waals surface area contributed by atoms with Gasteiger partial charge in [0.1, 0.15) is 0 Å². The fourth-order valence-electron chi connectivity index (χ4n) is 1.02. The molecule has 0 unspecified atom stereocenters. The monoisotopic (exact) mass is 163 g/mol. The molecule has 0 aromatic carbocycles. The Balaban J connectivity index is 3.13. The Bertz CT molecular complexity index is 259. The summed E-state index contributed by atoms with van der Waals surface area (Å²) in [4.78, 5) is 2.59. The number of aryl methyl sites for hydroxylation is 2. The van der Waals surface area contributed by atoms with E-state index in [1.54, 1.807) is 6.92 Å². The van der Waals surface area contributed by atoms with Crippen LogP contribution in [0.25, 0.3) is 0 Å². The van der Waals surface area contributed by atoms with Gasteiger partial charge in [0.15, 0.2) is 0 Å². The van der Waals surface area contributed by atoms with Crippen molar-refractivity contribution in [3.8, 4) is 0 Å². The molecule has 1 aromatic heterocycles. The first-order chi connectivity index (χ1) is 4.91. The van der Waals surface area contributed by atoms with Gasteiger partial charge in [0.05, 0.1) is 5.56 Å². The summed E-state index contributed by atoms with van der Waals surface area (Å²) >= 11 is 0. The number of alkyl halides is 3. The zero-order chi connectivity index (χ0) is 8.65. The topological polar surface area (TPSA) is 15.8 Å². The fraction of sp³-hybridized carbons (Fsp3) is 0.429. The highest BCUT2D eigenvalue weighted by Gasteiger charge is 2.33. The summed E-state index contributed by atoms with van der Waals surface area (Å²) in [6, 6.07) is 1.11. The molecule has 0 atom stereocenters. The molecule has 1 N–H and O–H groups in total. The maximum Gasteiger partial charge on any atom is 0.418 e. The third-order valence-electron chi connectivity index (χ3n) is 1.45. The van der Waals surface area contributed by atoms with Crippen LogP contribution in [-0.2, 0) is 6.18 Å². The van der Waals surface area contributed by atoms with Gasteiger partial charge in [-0.1, -0.05) is 0 Å². The van der Waals surface area contributed by atoms with Gasteiger partial charge in [0.25, 0.3) is 0 Å². The van der Waals surface area contributed by atoms with Crippen molar-refractivity contribution < 1.29 is 13.2 Å². The van der Waals surface area contributed by atoms with E-state index in [2.05, 4.69) is 4.98 Å². The second-order valence-electron chi connectivity index (χ2n) is 2.49. The summed E-state index contributed by atoms with van der Waals surface area (Å²) in [5.74, 6) is 0. The van der Waals surface area contributed by atoms with Gasteiger partial charge in [-0.05, 0) is 19.9 Å². The molecule has 1 nitrogen and oxygen atoms in total. The number of aromatic nitrogens is 1. The Morgan fingerprint density at radius 3 is 2.00 bits per heavy atom. The Morgan fingerprint density at radius 2 is 1.82 bits per heavy atom. The minimum absolute atomic E-state index is 0.176. The normalized spacial score (nSPS) is 12.1. The predicted molar refractivity (Wildman–Crippen MR) is 35.3 cm³/mol. The lowest BCUT2D eigenvalue weighted by Gasteiger charge is -2.03. The van der Waals surface area contributed by atoms with Gasteiger partial charge in [0.2, 0.25) is 0 Å². The van der Waals surface area contributed by atoms with Gasteiger partial charge >= 0.3 is 6.18 Å². The van der Waals surface area contributed by atoms with Crippen molar-refractivity contribution in [3.05, 3.63) is 23.0 Å². The molecule has 11 heavy (non-hydrogen) atoms. The van der Waals surface area contributed by atoms with Crippen LogP contribution in [-0.4, -0.2) is 4.98 Å². The van der Waals surface area contributed by atoms with Gasteiger partial charge in [-0.3, -0.25) is 0 Å². The van der Waals surface area contributed by atoms with E-state index in [1.807, 2.05) is 0 Å². The number of aromatic amines is 1. The number of rotatable bonds is 0. The van der Waals surface area contributed by atoms with E-state index in [0.29, 0.717) is 5.69 Å². The first-order valence-corrected chi connectivity index (χ1v) is 3.14. The van der Waals surface area contributed by atoms with Crippen molar-refractivity contribution >= 4 is 0 Å². The van der Waals surface area contributed by atoms with E-state index in [9.17, 15) is 13.2 Å². The van der Waals surface area contributed by atoms with E-state index < -0.39 is 11.7 Å². The lowest BCUT2D eigenvalue weighted by atomic mass is 10.2. The van der Waals surface area contributed by atoms with Crippen LogP contribution in [0.1, 0.15) is 17.0 Å². The van der Waals surface area contributed by atoms with Gasteiger partial charge in [-0.25, -0.2) is 0 Å². The molecular formula is C7H8F3N. The standard InChI is InChI=1S/C7H8F3N/c1-4-3-6(5(2)11-4)7(8,9)10/h3,11H,1-2H3. The maximum absolute atomic E-state index is 12.0. The lowest BCUT2D eigenvalue weighted by molar-refractivity contribution is -0.137. The summed E-state index contributed by atoms with van der Waals surface area (Å²) in [5, 5.41) is 0. The van der Waals surface area contributed by atoms with Gasteiger partial charge in [0, 0.05) is 11.4 Å². The summed E-state index contributed by atoms with van der Waals surface area (Å²) in [5.41, 5.74) is 0.139. The molecule has 1 aromatic rings. The highest BCUT2D eigenvalue weighted by atomic mass is 19.4. The second-order valence-corrected chi connectivity index (χ2v) is 2.49. The number of hydrogen-bond acceptors (Lipinski definition) is 0. The number of halogens is 3. The van der Waals surface area contributed by atoms with Gasteiger partial charge in [-0.2, -0.15) is 13.2 Å². The van der Waals surface area contributed by atoms with Crippen molar-refractivity contribution in [3.63, 3.8) is 0 Å². The first-order valence-electron chi connectivity index (χ1n) is 3.14. The number of H-pyrrole nitrogens is 1. The SMILES string of the molecule is Cc1cc(C(F)(F)F)c(C)[nH]1. The van der Waals surface area contributed by atoms with E-state index in [-0.39, 0.29) is 5.69 Å². The minimum Gasteiger partial charge on any atom is -0.362 e. The Hall–Kier alpha value is -0.930. The molecule has 0 spiro atoms. The Labute approximate surface area is 62.2 Å². The largest absolute Gasteiger partial charge is 0.418 e. The number of hydrogen-bond donors (Lipinski definition) is 1. The molecule has 62 valence electrons. The van der Waals surface area contributed by atoms with Crippen LogP contribution in [0.4, 0.5) is 13.2 Å². The van der Waals surface area contributed by atoms with Crippen LogP contribution >= 0.6 is 0 Å². The molecule has 0 aliphatic heterocycles. The zero-order valence-corrected chi connectivity index (χ0v) is 6.21. The van der Waals surface area contributed by atoms with E-state index >= 15 is 0 Å². The van der Waals surface area contributed by atoms with Crippen LogP contribution in [0.2, 0.25) is 0 Å². The molecule has 0 aliphatic rings. The molecule has 0 fully saturated rings. The predicted octanol–water partition coefficient (Wildman–Crippen LogP) is 2.65. The van der Waals surface area contributed by atoms with Crippen LogP contribution in [0.5, 0.6) is 0 Å². The first kappa shape index (κ1) is 8.17. The van der Waals surface area contributed by atoms with Crippen molar-refractivity contribution in [1.29, 1.82) is 0 Å². The highest BCUT2D eigenvalue weighted by molar-refractivity contribution is 5.26. The molecule has 0 saturated heterocycles. The molecular weight excluding hydrogens is 155 g/mol. The molecule has 1 heterocycles. The molecule has 4 heteroatoms. The van der Waals surface area contributed by atoms with Crippen molar-refractivity contribution in [2.24, 2.45) is 0 Å². The van der Waals surface area contributed by atoms with E-state index in [0.717, 1.165) is 6.07 Å². The van der Waals surface area contributed by atoms with E-state index in [1.165, 1.54) is 6.92 Å². The number of nitrogens with one attached hydrogen (secondary N) is 1. The van der Waals surface area contributed by atoms with Crippen LogP contribution in [0, 0.1) is 13.8 Å². The maximum atomic E-state index is 12.0. The average molecular weight is 163 g/mol. The van der Waals surface area contributed by atoms with Crippen molar-refractivity contribution in [2.75, 3.05) is 0 Å². The minimum atomic E-state index is -4.23. The quantitative estimate of drug-likeness (QED) is 0.605. The average Bonchev–Trinajstić information content (AvgIpc) is 2.08. The summed E-state index contributed by atoms with van der Waals surface area (Å²) in [6.07, 6.45) is -4.23. The Morgan fingerprint density at radius 1 is 1.27 bits per heavy atom. The fourth-order valence-corrected chi connectivity index (χ4v) is 1.02. The van der Waals surface area contributed by atoms with Crippen LogP contribution in [0.15, 0.2) is 6.07 Å². The second kappa shape index (κ2) is 2.29.